The van der Waals surface area contributed by atoms with Crippen LogP contribution in [0.1, 0.15) is 12.5 Å². The molecule has 4 heteroatoms. The van der Waals surface area contributed by atoms with E-state index in [0.29, 0.717) is 6.42 Å². The number of nitrogens with zero attached hydrogens (tertiary/aromatic N) is 1. The molecule has 0 aromatic heterocycles. The van der Waals surface area contributed by atoms with Crippen LogP contribution in [0, 0.1) is 0 Å². The predicted molar refractivity (Wildman–Crippen MR) is 61.3 cm³/mol. The van der Waals surface area contributed by atoms with E-state index >= 15 is 0 Å². The summed E-state index contributed by atoms with van der Waals surface area (Å²) in [5, 5.41) is 10.1. The number of hydrogen-bond acceptors (Lipinski definition) is 4. The number of carbonyl (C=O) groups excluding carboxylic acids is 1. The van der Waals surface area contributed by atoms with Gasteiger partial charge >= 0.3 is 0 Å². The van der Waals surface area contributed by atoms with Crippen LogP contribution in [0.15, 0.2) is 29.3 Å². The molecule has 0 aliphatic carbocycles. The van der Waals surface area contributed by atoms with Crippen LogP contribution < -0.4 is 0 Å². The average molecular weight is 221 g/mol. The Labute approximate surface area is 92.2 Å². The molecule has 0 unspecified atom stereocenters. The number of phenolic OH excluding ortho intramolecular Hbond substituents is 1. The quantitative estimate of drug-likeness (QED) is 0.831. The van der Waals surface area contributed by atoms with Gasteiger partial charge in [0.25, 0.3) is 0 Å². The minimum atomic E-state index is -0.250. The zero-order valence-electron chi connectivity index (χ0n) is 8.30. The standard InChI is InChI=1S/C11H11NO2S/c1-7-12-10(11(14)15-7)6-8-2-4-9(13)5-3-8/h2-5,10,13H,6H2,1H3/t10-/m0/s1. The molecule has 2 rings (SSSR count). The number of thioether (sulfide) groups is 1. The molecule has 0 saturated carbocycles. The highest BCUT2D eigenvalue weighted by atomic mass is 32.2. The van der Waals surface area contributed by atoms with Gasteiger partial charge in [0, 0.05) is 6.42 Å². The highest BCUT2D eigenvalue weighted by Gasteiger charge is 2.25. The lowest BCUT2D eigenvalue weighted by Gasteiger charge is -2.04. The molecule has 0 spiro atoms. The summed E-state index contributed by atoms with van der Waals surface area (Å²) in [7, 11) is 0. The van der Waals surface area contributed by atoms with Gasteiger partial charge in [-0.25, -0.2) is 0 Å². The molecule has 1 atom stereocenters. The van der Waals surface area contributed by atoms with Crippen LogP contribution in [0.4, 0.5) is 0 Å². The summed E-state index contributed by atoms with van der Waals surface area (Å²) in [5.41, 5.74) is 1.02. The van der Waals surface area contributed by atoms with Crippen molar-refractivity contribution in [3.8, 4) is 5.75 Å². The third-order valence-electron chi connectivity index (χ3n) is 2.22. The van der Waals surface area contributed by atoms with Crippen molar-refractivity contribution in [1.82, 2.24) is 0 Å². The monoisotopic (exact) mass is 221 g/mol. The second kappa shape index (κ2) is 4.06. The van der Waals surface area contributed by atoms with Crippen LogP contribution in [-0.2, 0) is 11.2 Å². The molecule has 15 heavy (non-hydrogen) atoms. The minimum absolute atomic E-state index is 0.112. The van der Waals surface area contributed by atoms with Crippen molar-refractivity contribution < 1.29 is 9.90 Å². The van der Waals surface area contributed by atoms with Crippen LogP contribution in [0.25, 0.3) is 0 Å². The third kappa shape index (κ3) is 2.39. The van der Waals surface area contributed by atoms with Gasteiger partial charge in [0.2, 0.25) is 5.12 Å². The van der Waals surface area contributed by atoms with E-state index in [4.69, 9.17) is 5.11 Å². The summed E-state index contributed by atoms with van der Waals surface area (Å²) in [6.45, 7) is 1.85. The fourth-order valence-corrected chi connectivity index (χ4v) is 2.24. The Morgan fingerprint density at radius 1 is 1.40 bits per heavy atom. The van der Waals surface area contributed by atoms with Gasteiger partial charge in [-0.1, -0.05) is 12.1 Å². The lowest BCUT2D eigenvalue weighted by Crippen LogP contribution is -2.13. The van der Waals surface area contributed by atoms with Gasteiger partial charge in [-0.3, -0.25) is 9.79 Å². The highest BCUT2D eigenvalue weighted by molar-refractivity contribution is 8.26. The fraction of sp³-hybridized carbons (Fsp3) is 0.273. The first-order valence-electron chi connectivity index (χ1n) is 4.69. The zero-order valence-corrected chi connectivity index (χ0v) is 9.12. The average Bonchev–Trinajstić information content (AvgIpc) is 2.49. The lowest BCUT2D eigenvalue weighted by molar-refractivity contribution is -0.111. The number of rotatable bonds is 2. The Kier molecular flexibility index (Phi) is 2.77. The maximum absolute atomic E-state index is 11.5. The van der Waals surface area contributed by atoms with Gasteiger partial charge in [-0.2, -0.15) is 0 Å². The van der Waals surface area contributed by atoms with Crippen LogP contribution in [0.2, 0.25) is 0 Å². The minimum Gasteiger partial charge on any atom is -0.508 e. The molecular weight excluding hydrogens is 210 g/mol. The van der Waals surface area contributed by atoms with Crippen molar-refractivity contribution in [3.05, 3.63) is 29.8 Å². The largest absolute Gasteiger partial charge is 0.508 e. The molecule has 1 aromatic rings. The summed E-state index contributed by atoms with van der Waals surface area (Å²) in [5.74, 6) is 0.241. The van der Waals surface area contributed by atoms with Crippen molar-refractivity contribution in [1.29, 1.82) is 0 Å². The molecule has 1 aliphatic rings. The number of hydrogen-bond donors (Lipinski definition) is 1. The number of benzene rings is 1. The number of phenols is 1. The zero-order chi connectivity index (χ0) is 10.8. The Balaban J connectivity index is 2.09. The summed E-state index contributed by atoms with van der Waals surface area (Å²) < 4.78 is 0. The van der Waals surface area contributed by atoms with E-state index in [1.165, 1.54) is 11.8 Å². The molecule has 1 N–H and O–H groups in total. The summed E-state index contributed by atoms with van der Waals surface area (Å²) in [6, 6.07) is 6.63. The second-order valence-corrected chi connectivity index (χ2v) is 4.65. The molecule has 0 radical (unpaired) electrons. The van der Waals surface area contributed by atoms with Crippen molar-refractivity contribution in [2.24, 2.45) is 4.99 Å². The van der Waals surface area contributed by atoms with Crippen LogP contribution >= 0.6 is 11.8 Å². The Morgan fingerprint density at radius 3 is 2.60 bits per heavy atom. The van der Waals surface area contributed by atoms with E-state index in [1.807, 2.05) is 19.1 Å². The summed E-state index contributed by atoms with van der Waals surface area (Å²) >= 11 is 1.21. The maximum atomic E-state index is 11.5. The van der Waals surface area contributed by atoms with Gasteiger partial charge < -0.3 is 5.11 Å². The molecule has 0 saturated heterocycles. The maximum Gasteiger partial charge on any atom is 0.219 e. The lowest BCUT2D eigenvalue weighted by atomic mass is 10.1. The van der Waals surface area contributed by atoms with Crippen LogP contribution in [0.5, 0.6) is 5.75 Å². The van der Waals surface area contributed by atoms with Gasteiger partial charge in [-0.05, 0) is 36.4 Å². The van der Waals surface area contributed by atoms with E-state index in [1.54, 1.807) is 12.1 Å². The molecule has 0 bridgehead atoms. The van der Waals surface area contributed by atoms with E-state index in [-0.39, 0.29) is 16.9 Å². The third-order valence-corrected chi connectivity index (χ3v) is 3.10. The normalized spacial score (nSPS) is 20.5. The first-order valence-corrected chi connectivity index (χ1v) is 5.51. The van der Waals surface area contributed by atoms with Gasteiger partial charge in [0.1, 0.15) is 11.8 Å². The number of aliphatic imine (C=N–C) groups is 1. The predicted octanol–water partition coefficient (Wildman–Crippen LogP) is 2.00. The SMILES string of the molecule is CC1=N[C@@H](Cc2ccc(O)cc2)C(=O)S1. The van der Waals surface area contributed by atoms with Gasteiger partial charge in [-0.15, -0.1) is 0 Å². The first-order chi connectivity index (χ1) is 7.15. The molecule has 78 valence electrons. The Morgan fingerprint density at radius 2 is 2.07 bits per heavy atom. The van der Waals surface area contributed by atoms with E-state index in [0.717, 1.165) is 10.6 Å². The number of carbonyl (C=O) groups is 1. The molecule has 0 fully saturated rings. The topological polar surface area (TPSA) is 49.7 Å². The van der Waals surface area contributed by atoms with Crippen molar-refractivity contribution >= 4 is 21.9 Å². The van der Waals surface area contributed by atoms with Gasteiger partial charge in [0.05, 0.1) is 5.04 Å². The molecule has 3 nitrogen and oxygen atoms in total. The molecule has 0 amide bonds. The summed E-state index contributed by atoms with van der Waals surface area (Å²) in [6.07, 6.45) is 0.615. The fourth-order valence-electron chi connectivity index (χ4n) is 1.50. The summed E-state index contributed by atoms with van der Waals surface area (Å²) in [4.78, 5) is 15.7. The van der Waals surface area contributed by atoms with Crippen molar-refractivity contribution in [2.45, 2.75) is 19.4 Å². The van der Waals surface area contributed by atoms with Crippen LogP contribution in [-0.4, -0.2) is 21.3 Å². The smallest absolute Gasteiger partial charge is 0.219 e. The number of aromatic hydroxyl groups is 1. The van der Waals surface area contributed by atoms with E-state index in [9.17, 15) is 4.79 Å². The Bertz CT molecular complexity index is 411. The van der Waals surface area contributed by atoms with Gasteiger partial charge in [0.15, 0.2) is 0 Å². The van der Waals surface area contributed by atoms with Crippen LogP contribution in [0.3, 0.4) is 0 Å². The molecular formula is C11H11NO2S. The van der Waals surface area contributed by atoms with E-state index in [2.05, 4.69) is 4.99 Å². The molecule has 1 heterocycles. The molecule has 1 aromatic carbocycles. The first kappa shape index (κ1) is 10.2. The van der Waals surface area contributed by atoms with E-state index < -0.39 is 0 Å². The molecule has 1 aliphatic heterocycles. The van der Waals surface area contributed by atoms with Crippen molar-refractivity contribution in [2.75, 3.05) is 0 Å². The highest BCUT2D eigenvalue weighted by Crippen LogP contribution is 2.23. The van der Waals surface area contributed by atoms with Crippen molar-refractivity contribution in [3.63, 3.8) is 0 Å². The second-order valence-electron chi connectivity index (χ2n) is 3.46. The Hall–Kier alpha value is -1.29.